The Morgan fingerprint density at radius 2 is 2.04 bits per heavy atom. The van der Waals surface area contributed by atoms with E-state index >= 15 is 0 Å². The minimum Gasteiger partial charge on any atom is -0.508 e. The van der Waals surface area contributed by atoms with E-state index in [1.807, 2.05) is 0 Å². The lowest BCUT2D eigenvalue weighted by atomic mass is 10.2. The van der Waals surface area contributed by atoms with Crippen molar-refractivity contribution >= 4 is 17.8 Å². The summed E-state index contributed by atoms with van der Waals surface area (Å²) >= 11 is 0. The highest BCUT2D eigenvalue weighted by Gasteiger charge is 2.09. The van der Waals surface area contributed by atoms with Gasteiger partial charge in [-0.15, -0.1) is 0 Å². The van der Waals surface area contributed by atoms with E-state index < -0.39 is 10.8 Å². The predicted molar refractivity (Wildman–Crippen MR) is 97.6 cm³/mol. The Bertz CT molecular complexity index is 995. The first-order valence-corrected chi connectivity index (χ1v) is 7.90. The van der Waals surface area contributed by atoms with Gasteiger partial charge in [-0.1, -0.05) is 24.3 Å². The molecule has 9 heteroatoms. The van der Waals surface area contributed by atoms with Crippen molar-refractivity contribution in [1.29, 1.82) is 0 Å². The van der Waals surface area contributed by atoms with Crippen LogP contribution in [-0.2, 0) is 6.54 Å². The molecular weight excluding hydrogens is 350 g/mol. The number of carbonyl (C=O) groups is 1. The molecule has 0 radical (unpaired) electrons. The fraction of sp³-hybridized carbons (Fsp3) is 0.0556. The molecule has 9 nitrogen and oxygen atoms in total. The molecule has 0 fully saturated rings. The Hall–Kier alpha value is -4.01. The van der Waals surface area contributed by atoms with E-state index in [0.29, 0.717) is 12.1 Å². The molecule has 0 bridgehead atoms. The van der Waals surface area contributed by atoms with Gasteiger partial charge in [-0.05, 0) is 29.3 Å². The van der Waals surface area contributed by atoms with Gasteiger partial charge >= 0.3 is 0 Å². The van der Waals surface area contributed by atoms with Crippen LogP contribution in [0.15, 0.2) is 65.9 Å². The molecule has 0 aliphatic carbocycles. The van der Waals surface area contributed by atoms with Crippen molar-refractivity contribution < 1.29 is 14.8 Å². The fourth-order valence-corrected chi connectivity index (χ4v) is 2.31. The zero-order chi connectivity index (χ0) is 19.2. The average Bonchev–Trinajstić information content (AvgIpc) is 3.11. The SMILES string of the molecule is O=C(N/N=C/c1cccc(O)c1)c1ccn(Cc2ccc([N+](=O)[O-])cc2)n1. The summed E-state index contributed by atoms with van der Waals surface area (Å²) in [6.07, 6.45) is 3.04. The van der Waals surface area contributed by atoms with Crippen LogP contribution in [0.4, 0.5) is 5.69 Å². The maximum atomic E-state index is 12.1. The zero-order valence-corrected chi connectivity index (χ0v) is 14.0. The number of nitro groups is 1. The number of hydrazone groups is 1. The number of nitrogens with zero attached hydrogens (tertiary/aromatic N) is 4. The number of nitro benzene ring substituents is 1. The van der Waals surface area contributed by atoms with Crippen LogP contribution in [0.2, 0.25) is 0 Å². The summed E-state index contributed by atoms with van der Waals surface area (Å²) < 4.78 is 1.55. The lowest BCUT2D eigenvalue weighted by molar-refractivity contribution is -0.384. The van der Waals surface area contributed by atoms with Crippen molar-refractivity contribution in [3.05, 3.63) is 87.7 Å². The van der Waals surface area contributed by atoms with Gasteiger partial charge < -0.3 is 5.11 Å². The van der Waals surface area contributed by atoms with Gasteiger partial charge in [0.25, 0.3) is 11.6 Å². The molecule has 0 spiro atoms. The van der Waals surface area contributed by atoms with Gasteiger partial charge in [0.15, 0.2) is 5.69 Å². The lowest BCUT2D eigenvalue weighted by Gasteiger charge is -2.01. The number of phenolic OH excluding ortho intramolecular Hbond substituents is 1. The minimum absolute atomic E-state index is 0.0175. The van der Waals surface area contributed by atoms with Crippen LogP contribution in [0.5, 0.6) is 5.75 Å². The predicted octanol–water partition coefficient (Wildman–Crippen LogP) is 2.31. The Morgan fingerprint density at radius 3 is 2.74 bits per heavy atom. The van der Waals surface area contributed by atoms with E-state index in [4.69, 9.17) is 0 Å². The van der Waals surface area contributed by atoms with Gasteiger partial charge in [0, 0.05) is 18.3 Å². The van der Waals surface area contributed by atoms with Crippen LogP contribution in [0.1, 0.15) is 21.6 Å². The topological polar surface area (TPSA) is 123 Å². The van der Waals surface area contributed by atoms with E-state index in [9.17, 15) is 20.0 Å². The molecule has 0 unspecified atom stereocenters. The normalized spacial score (nSPS) is 10.8. The first kappa shape index (κ1) is 17.8. The van der Waals surface area contributed by atoms with Crippen LogP contribution >= 0.6 is 0 Å². The van der Waals surface area contributed by atoms with Crippen molar-refractivity contribution in [3.63, 3.8) is 0 Å². The molecule has 1 heterocycles. The van der Waals surface area contributed by atoms with E-state index in [-0.39, 0.29) is 17.1 Å². The Balaban J connectivity index is 1.59. The second-order valence-electron chi connectivity index (χ2n) is 5.62. The number of phenols is 1. The molecular formula is C18H15N5O4. The molecule has 1 amide bonds. The minimum atomic E-state index is -0.478. The molecule has 0 atom stereocenters. The van der Waals surface area contributed by atoms with Crippen molar-refractivity contribution in [2.24, 2.45) is 5.10 Å². The second kappa shape index (κ2) is 7.91. The largest absolute Gasteiger partial charge is 0.508 e. The van der Waals surface area contributed by atoms with Crippen molar-refractivity contribution in [1.82, 2.24) is 15.2 Å². The van der Waals surface area contributed by atoms with Gasteiger partial charge in [0.1, 0.15) is 5.75 Å². The van der Waals surface area contributed by atoms with Crippen LogP contribution in [0.3, 0.4) is 0 Å². The van der Waals surface area contributed by atoms with Crippen LogP contribution in [-0.4, -0.2) is 31.9 Å². The summed E-state index contributed by atoms with van der Waals surface area (Å²) in [6.45, 7) is 0.373. The first-order chi connectivity index (χ1) is 13.0. The third-order valence-electron chi connectivity index (χ3n) is 3.61. The number of hydrogen-bond acceptors (Lipinski definition) is 6. The van der Waals surface area contributed by atoms with Gasteiger partial charge in [-0.2, -0.15) is 10.2 Å². The quantitative estimate of drug-likeness (QED) is 0.394. The van der Waals surface area contributed by atoms with Gasteiger partial charge in [0.05, 0.1) is 17.7 Å². The summed E-state index contributed by atoms with van der Waals surface area (Å²) in [4.78, 5) is 22.3. The van der Waals surface area contributed by atoms with E-state index in [1.54, 1.807) is 41.2 Å². The summed E-state index contributed by atoms with van der Waals surface area (Å²) in [5.74, 6) is -0.371. The standard InChI is InChI=1S/C18H15N5O4/c24-16-3-1-2-14(10-16)11-19-20-18(25)17-8-9-22(21-17)12-13-4-6-15(7-5-13)23(26)27/h1-11,24H,12H2,(H,20,25)/b19-11+. The molecule has 1 aromatic heterocycles. The third-order valence-corrected chi connectivity index (χ3v) is 3.61. The van der Waals surface area contributed by atoms with E-state index in [1.165, 1.54) is 30.5 Å². The monoisotopic (exact) mass is 365 g/mol. The van der Waals surface area contributed by atoms with Gasteiger partial charge in [-0.25, -0.2) is 5.43 Å². The Labute approximate surface area is 153 Å². The molecule has 0 aliphatic heterocycles. The van der Waals surface area contributed by atoms with E-state index in [2.05, 4.69) is 15.6 Å². The first-order valence-electron chi connectivity index (χ1n) is 7.90. The molecule has 136 valence electrons. The number of nitrogens with one attached hydrogen (secondary N) is 1. The number of carbonyl (C=O) groups excluding carboxylic acids is 1. The van der Waals surface area contributed by atoms with Gasteiger partial charge in [-0.3, -0.25) is 19.6 Å². The number of aromatic hydroxyl groups is 1. The molecule has 27 heavy (non-hydrogen) atoms. The molecule has 0 saturated carbocycles. The van der Waals surface area contributed by atoms with Crippen LogP contribution in [0, 0.1) is 10.1 Å². The summed E-state index contributed by atoms with van der Waals surface area (Å²) in [5, 5.41) is 28.0. The summed E-state index contributed by atoms with van der Waals surface area (Å²) in [5.41, 5.74) is 4.02. The highest BCUT2D eigenvalue weighted by Crippen LogP contribution is 2.13. The highest BCUT2D eigenvalue weighted by molar-refractivity contribution is 5.93. The molecule has 3 aromatic rings. The number of amides is 1. The fourth-order valence-electron chi connectivity index (χ4n) is 2.31. The average molecular weight is 365 g/mol. The smallest absolute Gasteiger partial charge is 0.291 e. The van der Waals surface area contributed by atoms with Gasteiger partial charge in [0.2, 0.25) is 0 Å². The molecule has 0 saturated heterocycles. The zero-order valence-electron chi connectivity index (χ0n) is 14.0. The van der Waals surface area contributed by atoms with Crippen LogP contribution < -0.4 is 5.43 Å². The number of aromatic nitrogens is 2. The summed E-state index contributed by atoms with van der Waals surface area (Å²) in [6, 6.07) is 14.1. The van der Waals surface area contributed by atoms with E-state index in [0.717, 1.165) is 5.56 Å². The third kappa shape index (κ3) is 4.75. The van der Waals surface area contributed by atoms with Crippen molar-refractivity contribution in [2.75, 3.05) is 0 Å². The second-order valence-corrected chi connectivity index (χ2v) is 5.62. The lowest BCUT2D eigenvalue weighted by Crippen LogP contribution is -2.18. The molecule has 3 rings (SSSR count). The van der Waals surface area contributed by atoms with Crippen molar-refractivity contribution in [2.45, 2.75) is 6.54 Å². The number of benzene rings is 2. The summed E-state index contributed by atoms with van der Waals surface area (Å²) in [7, 11) is 0. The Kier molecular flexibility index (Phi) is 5.22. The number of rotatable bonds is 6. The maximum Gasteiger partial charge on any atom is 0.291 e. The maximum absolute atomic E-state index is 12.1. The molecule has 0 aliphatic rings. The highest BCUT2D eigenvalue weighted by atomic mass is 16.6. The van der Waals surface area contributed by atoms with Crippen molar-refractivity contribution in [3.8, 4) is 5.75 Å². The van der Waals surface area contributed by atoms with Crippen LogP contribution in [0.25, 0.3) is 0 Å². The Morgan fingerprint density at radius 1 is 1.26 bits per heavy atom. The molecule has 2 aromatic carbocycles. The molecule has 2 N–H and O–H groups in total. The number of non-ortho nitro benzene ring substituents is 1. The number of hydrogen-bond donors (Lipinski definition) is 2.